The summed E-state index contributed by atoms with van der Waals surface area (Å²) in [6.45, 7) is 0. The van der Waals surface area contributed by atoms with E-state index in [1.54, 1.807) is 36.7 Å². The third kappa shape index (κ3) is 3.26. The van der Waals surface area contributed by atoms with Gasteiger partial charge in [0.15, 0.2) is 0 Å². The highest BCUT2D eigenvalue weighted by Gasteiger charge is 2.11. The molecule has 3 aromatic heterocycles. The lowest BCUT2D eigenvalue weighted by molar-refractivity contribution is 0.811. The Labute approximate surface area is 156 Å². The number of rotatable bonds is 3. The van der Waals surface area contributed by atoms with Crippen LogP contribution in [0.25, 0.3) is 11.0 Å². The van der Waals surface area contributed by atoms with Gasteiger partial charge in [-0.05, 0) is 35.4 Å². The van der Waals surface area contributed by atoms with E-state index >= 15 is 0 Å². The van der Waals surface area contributed by atoms with Gasteiger partial charge in [-0.15, -0.1) is 0 Å². The van der Waals surface area contributed by atoms with Gasteiger partial charge in [-0.2, -0.15) is 14.6 Å². The van der Waals surface area contributed by atoms with Crippen molar-refractivity contribution >= 4 is 34.0 Å². The van der Waals surface area contributed by atoms with Crippen molar-refractivity contribution in [3.8, 4) is 0 Å². The molecule has 0 bridgehead atoms. The van der Waals surface area contributed by atoms with Crippen molar-refractivity contribution in [1.82, 2.24) is 19.6 Å². The Morgan fingerprint density at radius 3 is 2.69 bits per heavy atom. The predicted molar refractivity (Wildman–Crippen MR) is 101 cm³/mol. The number of benzene rings is 1. The fraction of sp³-hybridized carbons (Fsp3) is 0.0556. The third-order valence-corrected chi connectivity index (χ3v) is 4.93. The van der Waals surface area contributed by atoms with Gasteiger partial charge in [-0.25, -0.2) is 0 Å². The van der Waals surface area contributed by atoms with Gasteiger partial charge in [-0.3, -0.25) is 14.6 Å². The number of pyridine rings is 1. The molecule has 0 fully saturated rings. The van der Waals surface area contributed by atoms with E-state index in [0.717, 1.165) is 22.5 Å². The minimum Gasteiger partial charge on any atom is -0.266 e. The highest BCUT2D eigenvalue weighted by Crippen LogP contribution is 2.11. The largest absolute Gasteiger partial charge is 0.296 e. The molecule has 6 nitrogen and oxygen atoms in total. The summed E-state index contributed by atoms with van der Waals surface area (Å²) < 4.78 is 1.63. The maximum absolute atomic E-state index is 12.6. The van der Waals surface area contributed by atoms with Crippen LogP contribution in [-0.4, -0.2) is 19.6 Å². The number of aromatic nitrogens is 4. The molecule has 0 radical (unpaired) electrons. The Kier molecular flexibility index (Phi) is 4.32. The number of hydrogen-bond donors (Lipinski definition) is 0. The average molecular weight is 383 g/mol. The van der Waals surface area contributed by atoms with E-state index in [9.17, 15) is 9.59 Å². The highest BCUT2D eigenvalue weighted by molar-refractivity contribution is 7.15. The number of halogens is 1. The van der Waals surface area contributed by atoms with Crippen LogP contribution in [-0.2, 0) is 6.42 Å². The first kappa shape index (κ1) is 16.6. The second kappa shape index (κ2) is 6.78. The molecule has 1 aromatic carbocycles. The quantitative estimate of drug-likeness (QED) is 0.539. The summed E-state index contributed by atoms with van der Waals surface area (Å²) in [5.74, 6) is 0. The van der Waals surface area contributed by atoms with Crippen LogP contribution in [0.5, 0.6) is 0 Å². The van der Waals surface area contributed by atoms with Crippen LogP contribution in [0.2, 0.25) is 5.02 Å². The van der Waals surface area contributed by atoms with Crippen molar-refractivity contribution in [2.75, 3.05) is 0 Å². The topological polar surface area (TPSA) is 77.2 Å². The highest BCUT2D eigenvalue weighted by atomic mass is 35.5. The molecule has 4 aromatic rings. The van der Waals surface area contributed by atoms with Gasteiger partial charge in [0.2, 0.25) is 4.96 Å². The van der Waals surface area contributed by atoms with Crippen LogP contribution < -0.4 is 15.7 Å². The molecule has 0 atom stereocenters. The van der Waals surface area contributed by atoms with Crippen LogP contribution in [0, 0.1) is 0 Å². The Hall–Kier alpha value is -2.90. The first-order valence-electron chi connectivity index (χ1n) is 7.69. The maximum Gasteiger partial charge on any atom is 0.296 e. The van der Waals surface area contributed by atoms with Crippen LogP contribution in [0.15, 0.2) is 58.4 Å². The zero-order chi connectivity index (χ0) is 18.1. The molecule has 0 saturated heterocycles. The van der Waals surface area contributed by atoms with E-state index in [1.807, 2.05) is 18.2 Å². The van der Waals surface area contributed by atoms with Crippen molar-refractivity contribution in [1.29, 1.82) is 0 Å². The minimum atomic E-state index is -0.436. The number of fused-ring (bicyclic) bond motifs is 1. The molecule has 0 aliphatic heterocycles. The first-order chi connectivity index (χ1) is 12.6. The van der Waals surface area contributed by atoms with Gasteiger partial charge in [0.25, 0.3) is 11.1 Å². The lowest BCUT2D eigenvalue weighted by Gasteiger charge is -2.00. The van der Waals surface area contributed by atoms with E-state index < -0.39 is 5.56 Å². The van der Waals surface area contributed by atoms with E-state index in [-0.39, 0.29) is 22.6 Å². The van der Waals surface area contributed by atoms with Crippen LogP contribution in [0.1, 0.15) is 16.8 Å². The lowest BCUT2D eigenvalue weighted by atomic mass is 10.1. The van der Waals surface area contributed by atoms with Gasteiger partial charge in [0.1, 0.15) is 5.69 Å². The lowest BCUT2D eigenvalue weighted by Crippen LogP contribution is -2.28. The van der Waals surface area contributed by atoms with Gasteiger partial charge < -0.3 is 0 Å². The van der Waals surface area contributed by atoms with Crippen molar-refractivity contribution < 1.29 is 0 Å². The Balaban J connectivity index is 1.80. The van der Waals surface area contributed by atoms with E-state index in [1.165, 1.54) is 4.52 Å². The third-order valence-electron chi connectivity index (χ3n) is 3.72. The van der Waals surface area contributed by atoms with Gasteiger partial charge in [0, 0.05) is 23.8 Å². The number of hydrogen-bond acceptors (Lipinski definition) is 6. The molecule has 0 unspecified atom stereocenters. The van der Waals surface area contributed by atoms with Crippen molar-refractivity contribution in [3.05, 3.63) is 95.9 Å². The van der Waals surface area contributed by atoms with Crippen molar-refractivity contribution in [2.45, 2.75) is 6.42 Å². The smallest absolute Gasteiger partial charge is 0.266 e. The normalized spacial score (nSPS) is 12.0. The van der Waals surface area contributed by atoms with Crippen LogP contribution in [0.4, 0.5) is 0 Å². The molecular weight excluding hydrogens is 372 g/mol. The minimum absolute atomic E-state index is 0.215. The zero-order valence-electron chi connectivity index (χ0n) is 13.3. The number of nitrogens with zero attached hydrogens (tertiary/aromatic N) is 4. The Morgan fingerprint density at radius 2 is 1.96 bits per heavy atom. The van der Waals surface area contributed by atoms with E-state index in [2.05, 4.69) is 15.1 Å². The molecule has 128 valence electrons. The molecule has 0 aliphatic rings. The fourth-order valence-electron chi connectivity index (χ4n) is 2.46. The van der Waals surface area contributed by atoms with Crippen LogP contribution >= 0.6 is 22.9 Å². The van der Waals surface area contributed by atoms with Gasteiger partial charge in [0.05, 0.1) is 4.53 Å². The molecule has 4 rings (SSSR count). The Bertz CT molecular complexity index is 1250. The SMILES string of the molecule is O=c1nc2s/c(=C\c3cccnc3)c(=O)n2nc1Cc1ccc(Cl)cc1. The predicted octanol–water partition coefficient (Wildman–Crippen LogP) is 1.70. The van der Waals surface area contributed by atoms with E-state index in [0.29, 0.717) is 9.55 Å². The van der Waals surface area contributed by atoms with Crippen molar-refractivity contribution in [2.24, 2.45) is 0 Å². The fourth-order valence-corrected chi connectivity index (χ4v) is 3.49. The summed E-state index contributed by atoms with van der Waals surface area (Å²) in [6.07, 6.45) is 5.30. The molecule has 0 aliphatic carbocycles. The van der Waals surface area contributed by atoms with Gasteiger partial charge >= 0.3 is 0 Å². The molecular formula is C18H11ClN4O2S. The van der Waals surface area contributed by atoms with Gasteiger partial charge in [-0.1, -0.05) is 41.1 Å². The molecule has 0 spiro atoms. The summed E-state index contributed by atoms with van der Waals surface area (Å²) in [7, 11) is 0. The second-order valence-electron chi connectivity index (χ2n) is 5.56. The monoisotopic (exact) mass is 382 g/mol. The Morgan fingerprint density at radius 1 is 1.15 bits per heavy atom. The van der Waals surface area contributed by atoms with Crippen LogP contribution in [0.3, 0.4) is 0 Å². The summed E-state index contributed by atoms with van der Waals surface area (Å²) >= 11 is 7.00. The zero-order valence-corrected chi connectivity index (χ0v) is 14.9. The molecule has 8 heteroatoms. The number of thiazole rings is 1. The summed E-state index contributed by atoms with van der Waals surface area (Å²) in [4.78, 5) is 33.2. The second-order valence-corrected chi connectivity index (χ2v) is 7.01. The standard InChI is InChI=1S/C18H11ClN4O2S/c19-13-5-3-11(4-6-13)8-14-16(24)21-18-23(22-14)17(25)15(26-18)9-12-2-1-7-20-10-12/h1-7,9-10H,8H2/b15-9-. The molecule has 0 N–H and O–H groups in total. The molecule has 26 heavy (non-hydrogen) atoms. The molecule has 0 saturated carbocycles. The maximum atomic E-state index is 12.6. The summed E-state index contributed by atoms with van der Waals surface area (Å²) in [6, 6.07) is 10.7. The summed E-state index contributed by atoms with van der Waals surface area (Å²) in [5.41, 5.74) is 1.13. The van der Waals surface area contributed by atoms with Crippen molar-refractivity contribution in [3.63, 3.8) is 0 Å². The summed E-state index contributed by atoms with van der Waals surface area (Å²) in [5, 5.41) is 4.84. The van der Waals surface area contributed by atoms with E-state index in [4.69, 9.17) is 11.6 Å². The molecule has 0 amide bonds. The first-order valence-corrected chi connectivity index (χ1v) is 8.88. The average Bonchev–Trinajstić information content (AvgIpc) is 2.93. The molecule has 3 heterocycles.